The van der Waals surface area contributed by atoms with Crippen LogP contribution in [0.3, 0.4) is 0 Å². The number of rotatable bonds is 4. The number of β-amino-alcohol motifs (C(OH)–C–C–N with tert-alkyl or cyclic N) is 1. The third-order valence-corrected chi connectivity index (χ3v) is 4.24. The normalized spacial score (nSPS) is 19.9. The van der Waals surface area contributed by atoms with Crippen LogP contribution in [0.15, 0.2) is 36.4 Å². The molecule has 1 fully saturated rings. The molecule has 1 aromatic heterocycles. The summed E-state index contributed by atoms with van der Waals surface area (Å²) in [4.78, 5) is 18.2. The van der Waals surface area contributed by atoms with Gasteiger partial charge in [-0.05, 0) is 30.7 Å². The van der Waals surface area contributed by atoms with Gasteiger partial charge in [-0.2, -0.15) is 0 Å². The number of aliphatic hydroxyl groups is 1. The average Bonchev–Trinajstić information content (AvgIpc) is 2.99. The number of carbonyl (C=O) groups is 1. The van der Waals surface area contributed by atoms with Crippen molar-refractivity contribution in [3.05, 3.63) is 59.3 Å². The van der Waals surface area contributed by atoms with E-state index in [1.54, 1.807) is 18.2 Å². The van der Waals surface area contributed by atoms with Crippen molar-refractivity contribution in [3.63, 3.8) is 0 Å². The van der Waals surface area contributed by atoms with Gasteiger partial charge in [0.25, 0.3) is 0 Å². The zero-order valence-corrected chi connectivity index (χ0v) is 13.7. The summed E-state index contributed by atoms with van der Waals surface area (Å²) in [6.07, 6.45) is -0.635. The van der Waals surface area contributed by atoms with Crippen LogP contribution in [0.25, 0.3) is 0 Å². The fraction of sp³-hybridized carbons (Fsp3) is 0.333. The molecule has 7 heteroatoms. The number of pyridine rings is 1. The molecule has 2 aromatic rings. The Hall–Kier alpha value is -2.54. The first-order chi connectivity index (χ1) is 12.0. The number of aromatic nitrogens is 1. The molecule has 5 nitrogen and oxygen atoms in total. The second kappa shape index (κ2) is 7.14. The number of ether oxygens (including phenoxy) is 1. The molecule has 0 unspecified atom stereocenters. The van der Waals surface area contributed by atoms with Crippen molar-refractivity contribution in [2.24, 2.45) is 0 Å². The Morgan fingerprint density at radius 3 is 2.92 bits per heavy atom. The van der Waals surface area contributed by atoms with Gasteiger partial charge in [0, 0.05) is 18.2 Å². The molecule has 132 valence electrons. The molecule has 0 radical (unpaired) electrons. The fourth-order valence-corrected chi connectivity index (χ4v) is 3.08. The van der Waals surface area contributed by atoms with Crippen LogP contribution >= 0.6 is 0 Å². The first kappa shape index (κ1) is 17.3. The number of carbonyl (C=O) groups excluding carboxylic acids is 1. The summed E-state index contributed by atoms with van der Waals surface area (Å²) in [5.41, 5.74) is 0.577. The molecule has 2 heterocycles. The van der Waals surface area contributed by atoms with Gasteiger partial charge in [0.2, 0.25) is 11.8 Å². The monoisotopic (exact) mass is 348 g/mol. The van der Waals surface area contributed by atoms with Crippen molar-refractivity contribution in [1.82, 2.24) is 9.88 Å². The summed E-state index contributed by atoms with van der Waals surface area (Å²) < 4.78 is 32.6. The van der Waals surface area contributed by atoms with Crippen molar-refractivity contribution >= 4 is 5.91 Å². The van der Waals surface area contributed by atoms with Gasteiger partial charge in [0.1, 0.15) is 11.6 Å². The largest absolute Gasteiger partial charge is 0.481 e. The van der Waals surface area contributed by atoms with Crippen molar-refractivity contribution in [2.45, 2.75) is 25.0 Å². The molecule has 1 aliphatic heterocycles. The van der Waals surface area contributed by atoms with Gasteiger partial charge in [-0.3, -0.25) is 4.79 Å². The molecule has 2 atom stereocenters. The van der Waals surface area contributed by atoms with Gasteiger partial charge in [0.15, 0.2) is 0 Å². The second-order valence-electron chi connectivity index (χ2n) is 5.97. The molecule has 1 amide bonds. The van der Waals surface area contributed by atoms with E-state index >= 15 is 0 Å². The summed E-state index contributed by atoms with van der Waals surface area (Å²) >= 11 is 0. The zero-order valence-electron chi connectivity index (χ0n) is 13.7. The Balaban J connectivity index is 1.83. The van der Waals surface area contributed by atoms with E-state index in [0.29, 0.717) is 11.6 Å². The van der Waals surface area contributed by atoms with Crippen LogP contribution in [0.1, 0.15) is 23.7 Å². The molecule has 25 heavy (non-hydrogen) atoms. The van der Waals surface area contributed by atoms with E-state index in [1.165, 1.54) is 12.0 Å². The van der Waals surface area contributed by atoms with E-state index in [4.69, 9.17) is 4.74 Å². The van der Waals surface area contributed by atoms with Gasteiger partial charge in [-0.25, -0.2) is 13.8 Å². The Labute approximate surface area is 143 Å². The number of aliphatic hydroxyl groups excluding tert-OH is 1. The van der Waals surface area contributed by atoms with Gasteiger partial charge >= 0.3 is 0 Å². The molecule has 1 aliphatic rings. The molecule has 1 N–H and O–H groups in total. The summed E-state index contributed by atoms with van der Waals surface area (Å²) in [6, 6.07) is 7.49. The maximum Gasteiger partial charge on any atom is 0.229 e. The number of benzene rings is 1. The molecule has 0 aliphatic carbocycles. The second-order valence-corrected chi connectivity index (χ2v) is 5.97. The lowest BCUT2D eigenvalue weighted by molar-refractivity contribution is -0.131. The van der Waals surface area contributed by atoms with Gasteiger partial charge in [-0.1, -0.05) is 6.07 Å². The Bertz CT molecular complexity index is 785. The highest BCUT2D eigenvalue weighted by molar-refractivity contribution is 5.79. The average molecular weight is 348 g/mol. The van der Waals surface area contributed by atoms with E-state index in [0.717, 1.165) is 18.2 Å². The maximum absolute atomic E-state index is 14.1. The van der Waals surface area contributed by atoms with Crippen LogP contribution in [0.5, 0.6) is 5.88 Å². The SMILES string of the molecule is COc1cccc(CC(=O)N2C[C@H](O)C[C@@H]2c2cc(F)ccc2F)n1. The number of hydrogen-bond acceptors (Lipinski definition) is 4. The van der Waals surface area contributed by atoms with Crippen LogP contribution in [0.2, 0.25) is 0 Å². The topological polar surface area (TPSA) is 62.7 Å². The maximum atomic E-state index is 14.1. The van der Waals surface area contributed by atoms with Gasteiger partial charge in [-0.15, -0.1) is 0 Å². The molecule has 1 aromatic carbocycles. The highest BCUT2D eigenvalue weighted by Crippen LogP contribution is 2.34. The van der Waals surface area contributed by atoms with Crippen molar-refractivity contribution in [3.8, 4) is 5.88 Å². The predicted octanol–water partition coefficient (Wildman–Crippen LogP) is 2.25. The van der Waals surface area contributed by atoms with Crippen LogP contribution in [-0.2, 0) is 11.2 Å². The van der Waals surface area contributed by atoms with Crippen LogP contribution in [0, 0.1) is 11.6 Å². The minimum Gasteiger partial charge on any atom is -0.481 e. The number of amides is 1. The predicted molar refractivity (Wildman–Crippen MR) is 85.9 cm³/mol. The van der Waals surface area contributed by atoms with Crippen LogP contribution in [-0.4, -0.2) is 40.7 Å². The first-order valence-electron chi connectivity index (χ1n) is 7.90. The summed E-state index contributed by atoms with van der Waals surface area (Å²) in [7, 11) is 1.48. The number of halogens is 2. The molecule has 3 rings (SSSR count). The van der Waals surface area contributed by atoms with Crippen molar-refractivity contribution in [2.75, 3.05) is 13.7 Å². The highest BCUT2D eigenvalue weighted by Gasteiger charge is 2.36. The number of hydrogen-bond donors (Lipinski definition) is 1. The number of methoxy groups -OCH3 is 1. The third kappa shape index (κ3) is 3.76. The Morgan fingerprint density at radius 1 is 1.36 bits per heavy atom. The highest BCUT2D eigenvalue weighted by atomic mass is 19.1. The van der Waals surface area contributed by atoms with E-state index < -0.39 is 23.8 Å². The fourth-order valence-electron chi connectivity index (χ4n) is 3.08. The molecular formula is C18H18F2N2O3. The molecule has 1 saturated heterocycles. The Kier molecular flexibility index (Phi) is 4.94. The summed E-state index contributed by atoms with van der Waals surface area (Å²) in [5.74, 6) is -1.11. The lowest BCUT2D eigenvalue weighted by atomic mass is 10.0. The Morgan fingerprint density at radius 2 is 2.16 bits per heavy atom. The minimum absolute atomic E-state index is 0.0165. The van der Waals surface area contributed by atoms with E-state index in [2.05, 4.69) is 4.98 Å². The van der Waals surface area contributed by atoms with Crippen molar-refractivity contribution in [1.29, 1.82) is 0 Å². The van der Waals surface area contributed by atoms with E-state index in [1.807, 2.05) is 0 Å². The first-order valence-corrected chi connectivity index (χ1v) is 7.90. The molecule has 0 bridgehead atoms. The van der Waals surface area contributed by atoms with E-state index in [9.17, 15) is 18.7 Å². The quantitative estimate of drug-likeness (QED) is 0.921. The van der Waals surface area contributed by atoms with E-state index in [-0.39, 0.29) is 30.9 Å². The molecule has 0 saturated carbocycles. The third-order valence-electron chi connectivity index (χ3n) is 4.24. The molecular weight excluding hydrogens is 330 g/mol. The van der Waals surface area contributed by atoms with Gasteiger partial charge in [0.05, 0.1) is 31.4 Å². The van der Waals surface area contributed by atoms with Gasteiger partial charge < -0.3 is 14.7 Å². The summed E-state index contributed by atoms with van der Waals surface area (Å²) in [6.45, 7) is 0.0728. The number of nitrogens with zero attached hydrogens (tertiary/aromatic N) is 2. The smallest absolute Gasteiger partial charge is 0.229 e. The molecule has 0 spiro atoms. The zero-order chi connectivity index (χ0) is 18.0. The summed E-state index contributed by atoms with van der Waals surface area (Å²) in [5, 5.41) is 9.94. The number of likely N-dealkylation sites (tertiary alicyclic amines) is 1. The minimum atomic E-state index is -0.783. The van der Waals surface area contributed by atoms with Crippen LogP contribution < -0.4 is 4.74 Å². The lowest BCUT2D eigenvalue weighted by Crippen LogP contribution is -2.33. The standard InChI is InChI=1S/C18H18F2N2O3/c1-25-17-4-2-3-12(21-17)8-18(24)22-10-13(23)9-16(22)14-7-11(19)5-6-15(14)20/h2-7,13,16,23H,8-10H2,1H3/t13-,16-/m1/s1. The van der Waals surface area contributed by atoms with Crippen LogP contribution in [0.4, 0.5) is 8.78 Å². The van der Waals surface area contributed by atoms with Crippen molar-refractivity contribution < 1.29 is 23.4 Å². The lowest BCUT2D eigenvalue weighted by Gasteiger charge is -2.25.